The maximum absolute atomic E-state index is 12.3. The summed E-state index contributed by atoms with van der Waals surface area (Å²) in [5.74, 6) is 0.921. The molecular formula is C13H19N3O4. The Morgan fingerprint density at radius 3 is 2.75 bits per heavy atom. The molecule has 2 fully saturated rings. The third-order valence-electron chi connectivity index (χ3n) is 3.88. The van der Waals surface area contributed by atoms with Gasteiger partial charge in [-0.05, 0) is 12.8 Å². The number of carbonyl (C=O) groups is 1. The highest BCUT2D eigenvalue weighted by atomic mass is 16.6. The lowest BCUT2D eigenvalue weighted by atomic mass is 9.96. The fraction of sp³-hybridized carbons (Fsp3) is 0.769. The maximum Gasteiger partial charge on any atom is 0.252 e. The maximum atomic E-state index is 12.3. The standard InChI is InChI=1S/C13H19N3O4/c1-9-14-12(16-20-9)13(4-2-3-5-13)15-11(17)10-8-18-6-7-19-10/h10H,2-8H2,1H3,(H,15,17). The van der Waals surface area contributed by atoms with Crippen LogP contribution in [0.3, 0.4) is 0 Å². The molecule has 2 heterocycles. The summed E-state index contributed by atoms with van der Waals surface area (Å²) in [7, 11) is 0. The molecule has 0 aromatic carbocycles. The van der Waals surface area contributed by atoms with Crippen molar-refractivity contribution in [3.8, 4) is 0 Å². The molecule has 3 rings (SSSR count). The van der Waals surface area contributed by atoms with Gasteiger partial charge in [0.1, 0.15) is 5.54 Å². The quantitative estimate of drug-likeness (QED) is 0.876. The monoisotopic (exact) mass is 281 g/mol. The van der Waals surface area contributed by atoms with E-state index in [0.29, 0.717) is 31.5 Å². The Morgan fingerprint density at radius 2 is 2.15 bits per heavy atom. The highest BCUT2D eigenvalue weighted by Gasteiger charge is 2.42. The number of nitrogens with zero attached hydrogens (tertiary/aromatic N) is 2. The van der Waals surface area contributed by atoms with Crippen LogP contribution in [0.2, 0.25) is 0 Å². The van der Waals surface area contributed by atoms with Crippen molar-refractivity contribution in [2.24, 2.45) is 0 Å². The molecule has 1 aliphatic carbocycles. The largest absolute Gasteiger partial charge is 0.376 e. The van der Waals surface area contributed by atoms with Gasteiger partial charge in [-0.3, -0.25) is 4.79 Å². The second-order valence-corrected chi connectivity index (χ2v) is 5.35. The molecule has 1 unspecified atom stereocenters. The molecule has 1 saturated heterocycles. The average molecular weight is 281 g/mol. The number of aromatic nitrogens is 2. The lowest BCUT2D eigenvalue weighted by Gasteiger charge is -2.30. The zero-order valence-electron chi connectivity index (χ0n) is 11.6. The summed E-state index contributed by atoms with van der Waals surface area (Å²) in [4.78, 5) is 16.6. The van der Waals surface area contributed by atoms with Crippen LogP contribution < -0.4 is 5.32 Å². The van der Waals surface area contributed by atoms with Gasteiger partial charge in [-0.15, -0.1) is 0 Å². The van der Waals surface area contributed by atoms with Crippen LogP contribution in [0.25, 0.3) is 0 Å². The third-order valence-corrected chi connectivity index (χ3v) is 3.88. The second kappa shape index (κ2) is 5.49. The molecule has 1 saturated carbocycles. The van der Waals surface area contributed by atoms with Gasteiger partial charge in [0.05, 0.1) is 19.8 Å². The SMILES string of the molecule is Cc1nc(C2(NC(=O)C3COCCO3)CCCC2)no1. The van der Waals surface area contributed by atoms with Crippen LogP contribution >= 0.6 is 0 Å². The van der Waals surface area contributed by atoms with Crippen molar-refractivity contribution in [1.82, 2.24) is 15.5 Å². The summed E-state index contributed by atoms with van der Waals surface area (Å²) in [5.41, 5.74) is -0.518. The molecule has 1 N–H and O–H groups in total. The van der Waals surface area contributed by atoms with Crippen molar-refractivity contribution in [3.63, 3.8) is 0 Å². The highest BCUT2D eigenvalue weighted by Crippen LogP contribution is 2.37. The third kappa shape index (κ3) is 2.55. The molecule has 1 aliphatic heterocycles. The number of ether oxygens (including phenoxy) is 2. The number of nitrogens with one attached hydrogen (secondary N) is 1. The molecule has 0 spiro atoms. The number of aryl methyl sites for hydroxylation is 1. The Bertz CT molecular complexity index is 476. The normalized spacial score (nSPS) is 25.6. The lowest BCUT2D eigenvalue weighted by molar-refractivity contribution is -0.149. The van der Waals surface area contributed by atoms with Crippen molar-refractivity contribution in [2.75, 3.05) is 19.8 Å². The molecule has 1 atom stereocenters. The first-order chi connectivity index (χ1) is 9.70. The number of amides is 1. The predicted molar refractivity (Wildman–Crippen MR) is 67.9 cm³/mol. The van der Waals surface area contributed by atoms with Gasteiger partial charge in [-0.25, -0.2) is 0 Å². The molecule has 110 valence electrons. The summed E-state index contributed by atoms with van der Waals surface area (Å²) in [5, 5.41) is 7.06. The van der Waals surface area contributed by atoms with E-state index in [-0.39, 0.29) is 5.91 Å². The van der Waals surface area contributed by atoms with E-state index in [1.165, 1.54) is 0 Å². The van der Waals surface area contributed by atoms with E-state index in [0.717, 1.165) is 25.7 Å². The minimum atomic E-state index is -0.547. The minimum absolute atomic E-state index is 0.158. The van der Waals surface area contributed by atoms with Gasteiger partial charge in [0, 0.05) is 6.92 Å². The van der Waals surface area contributed by atoms with Gasteiger partial charge in [0.15, 0.2) is 11.9 Å². The van der Waals surface area contributed by atoms with E-state index in [1.54, 1.807) is 6.92 Å². The van der Waals surface area contributed by atoms with E-state index in [2.05, 4.69) is 15.5 Å². The van der Waals surface area contributed by atoms with Crippen molar-refractivity contribution in [2.45, 2.75) is 44.2 Å². The van der Waals surface area contributed by atoms with Crippen LogP contribution in [0.5, 0.6) is 0 Å². The Balaban J connectivity index is 1.75. The van der Waals surface area contributed by atoms with Crippen LogP contribution in [0, 0.1) is 6.92 Å². The number of carbonyl (C=O) groups excluding carboxylic acids is 1. The highest BCUT2D eigenvalue weighted by molar-refractivity contribution is 5.81. The Morgan fingerprint density at radius 1 is 1.35 bits per heavy atom. The van der Waals surface area contributed by atoms with Gasteiger partial charge < -0.3 is 19.3 Å². The minimum Gasteiger partial charge on any atom is -0.376 e. The molecule has 2 aliphatic rings. The van der Waals surface area contributed by atoms with Crippen LogP contribution in [0.4, 0.5) is 0 Å². The second-order valence-electron chi connectivity index (χ2n) is 5.35. The number of hydrogen-bond donors (Lipinski definition) is 1. The summed E-state index contributed by atoms with van der Waals surface area (Å²) < 4.78 is 15.8. The van der Waals surface area contributed by atoms with Gasteiger partial charge in [-0.1, -0.05) is 18.0 Å². The van der Waals surface area contributed by atoms with E-state index < -0.39 is 11.6 Å². The van der Waals surface area contributed by atoms with E-state index >= 15 is 0 Å². The summed E-state index contributed by atoms with van der Waals surface area (Å²) in [6.45, 7) is 3.04. The Labute approximate surface area is 117 Å². The summed E-state index contributed by atoms with van der Waals surface area (Å²) >= 11 is 0. The Hall–Kier alpha value is -1.47. The molecule has 0 radical (unpaired) electrons. The van der Waals surface area contributed by atoms with Crippen LogP contribution in [0.1, 0.15) is 37.4 Å². The smallest absolute Gasteiger partial charge is 0.252 e. The van der Waals surface area contributed by atoms with E-state index in [9.17, 15) is 4.79 Å². The van der Waals surface area contributed by atoms with E-state index in [4.69, 9.17) is 14.0 Å². The molecule has 1 aromatic heterocycles. The summed E-state index contributed by atoms with van der Waals surface area (Å²) in [6.07, 6.45) is 3.18. The van der Waals surface area contributed by atoms with Crippen molar-refractivity contribution >= 4 is 5.91 Å². The van der Waals surface area contributed by atoms with Gasteiger partial charge in [0.2, 0.25) is 5.89 Å². The van der Waals surface area contributed by atoms with Crippen molar-refractivity contribution < 1.29 is 18.8 Å². The van der Waals surface area contributed by atoms with Crippen molar-refractivity contribution in [1.29, 1.82) is 0 Å². The van der Waals surface area contributed by atoms with Gasteiger partial charge >= 0.3 is 0 Å². The molecule has 20 heavy (non-hydrogen) atoms. The zero-order chi connectivity index (χ0) is 14.0. The molecule has 7 nitrogen and oxygen atoms in total. The Kier molecular flexibility index (Phi) is 3.71. The predicted octanol–water partition coefficient (Wildman–Crippen LogP) is 0.679. The fourth-order valence-corrected chi connectivity index (χ4v) is 2.83. The average Bonchev–Trinajstić information content (AvgIpc) is 3.10. The zero-order valence-corrected chi connectivity index (χ0v) is 11.6. The van der Waals surface area contributed by atoms with Crippen LogP contribution in [0.15, 0.2) is 4.52 Å². The molecule has 1 amide bonds. The van der Waals surface area contributed by atoms with Crippen LogP contribution in [-0.4, -0.2) is 42.0 Å². The fourth-order valence-electron chi connectivity index (χ4n) is 2.83. The first-order valence-electron chi connectivity index (χ1n) is 7.02. The number of hydrogen-bond acceptors (Lipinski definition) is 6. The van der Waals surface area contributed by atoms with Gasteiger partial charge in [0.25, 0.3) is 5.91 Å². The first kappa shape index (κ1) is 13.5. The van der Waals surface area contributed by atoms with Gasteiger partial charge in [-0.2, -0.15) is 4.98 Å². The topological polar surface area (TPSA) is 86.5 Å². The molecular weight excluding hydrogens is 262 g/mol. The summed E-state index contributed by atoms with van der Waals surface area (Å²) in [6, 6.07) is 0. The number of rotatable bonds is 3. The first-order valence-corrected chi connectivity index (χ1v) is 7.02. The van der Waals surface area contributed by atoms with Crippen LogP contribution in [-0.2, 0) is 19.8 Å². The molecule has 0 bridgehead atoms. The lowest BCUT2D eigenvalue weighted by Crippen LogP contribution is -2.51. The molecule has 7 heteroatoms. The van der Waals surface area contributed by atoms with Crippen molar-refractivity contribution in [3.05, 3.63) is 11.7 Å². The van der Waals surface area contributed by atoms with E-state index in [1.807, 2.05) is 0 Å². The molecule has 1 aromatic rings.